The van der Waals surface area contributed by atoms with Gasteiger partial charge in [0.05, 0.1) is 21.4 Å². The van der Waals surface area contributed by atoms with Crippen LogP contribution in [-0.4, -0.2) is 44.6 Å². The molecular weight excluding hydrogens is 219 g/mol. The van der Waals surface area contributed by atoms with Crippen LogP contribution in [0.5, 0.6) is 0 Å². The molecule has 0 atom stereocenters. The summed E-state index contributed by atoms with van der Waals surface area (Å²) in [6.07, 6.45) is 0.699. The van der Waals surface area contributed by atoms with Gasteiger partial charge < -0.3 is 0 Å². The predicted octanol–water partition coefficient (Wildman–Crippen LogP) is 0.404. The van der Waals surface area contributed by atoms with Gasteiger partial charge in [0.15, 0.2) is 0 Å². The van der Waals surface area contributed by atoms with Crippen LogP contribution in [-0.2, 0) is 12.7 Å². The Morgan fingerprint density at radius 1 is 1.56 bits per heavy atom. The van der Waals surface area contributed by atoms with Crippen molar-refractivity contribution in [2.45, 2.75) is 13.3 Å². The van der Waals surface area contributed by atoms with Crippen molar-refractivity contribution < 1.29 is 12.6 Å². The van der Waals surface area contributed by atoms with Crippen LogP contribution < -0.4 is 0 Å². The third kappa shape index (κ3) is 12.6. The molecule has 0 aliphatic rings. The van der Waals surface area contributed by atoms with Crippen LogP contribution in [0, 0.1) is 0 Å². The number of hydrogen-bond donors (Lipinski definition) is 0. The van der Waals surface area contributed by atoms with Crippen LogP contribution in [0.15, 0.2) is 0 Å². The first-order valence-corrected chi connectivity index (χ1v) is 5.40. The third-order valence-corrected chi connectivity index (χ3v) is 1.44. The summed E-state index contributed by atoms with van der Waals surface area (Å²) in [4.78, 5) is 0. The summed E-state index contributed by atoms with van der Waals surface area (Å²) in [7, 11) is -3.37. The fraction of sp³-hybridized carbons (Fsp3) is 1.00. The number of hydrogen-bond acceptors (Lipinski definition) is 3. The summed E-state index contributed by atoms with van der Waals surface area (Å²) < 4.78 is 24.4. The minimum atomic E-state index is -3.37. The summed E-state index contributed by atoms with van der Waals surface area (Å²) in [5.41, 5.74) is 0. The molecule has 0 spiro atoms. The molecule has 0 aliphatic heterocycles. The SMILES string of the molecule is CCCOS(=O)(=O)Br.[NaH]. The second-order valence-corrected chi connectivity index (χ2v) is 4.62. The van der Waals surface area contributed by atoms with Crippen LogP contribution in [0.3, 0.4) is 0 Å². The van der Waals surface area contributed by atoms with E-state index in [1.807, 2.05) is 6.92 Å². The molecule has 0 N–H and O–H groups in total. The van der Waals surface area contributed by atoms with Gasteiger partial charge >= 0.3 is 38.1 Å². The van der Waals surface area contributed by atoms with Gasteiger partial charge in [0, 0.05) is 0 Å². The van der Waals surface area contributed by atoms with Crippen molar-refractivity contribution in [2.75, 3.05) is 6.61 Å². The molecule has 0 saturated carbocycles. The van der Waals surface area contributed by atoms with Gasteiger partial charge in [-0.3, -0.25) is 4.18 Å². The van der Waals surface area contributed by atoms with E-state index in [0.29, 0.717) is 6.42 Å². The first-order chi connectivity index (χ1) is 3.56. The van der Waals surface area contributed by atoms with Gasteiger partial charge in [0.2, 0.25) is 0 Å². The van der Waals surface area contributed by atoms with E-state index in [2.05, 4.69) is 19.0 Å². The Morgan fingerprint density at radius 3 is 2.11 bits per heavy atom. The molecule has 0 heterocycles. The quantitative estimate of drug-likeness (QED) is 0.517. The predicted molar refractivity (Wildman–Crippen MR) is 41.2 cm³/mol. The van der Waals surface area contributed by atoms with E-state index in [0.717, 1.165) is 0 Å². The van der Waals surface area contributed by atoms with E-state index in [9.17, 15) is 8.42 Å². The van der Waals surface area contributed by atoms with E-state index in [-0.39, 0.29) is 36.2 Å². The van der Waals surface area contributed by atoms with Crippen molar-refractivity contribution in [1.29, 1.82) is 0 Å². The fourth-order valence-corrected chi connectivity index (χ4v) is 0.945. The molecule has 3 nitrogen and oxygen atoms in total. The van der Waals surface area contributed by atoms with Gasteiger partial charge in [-0.2, -0.15) is 8.42 Å². The molecule has 0 rings (SSSR count). The van der Waals surface area contributed by atoms with Gasteiger partial charge in [0.25, 0.3) is 0 Å². The molecule has 0 unspecified atom stereocenters. The maximum absolute atomic E-state index is 10.1. The standard InChI is InChI=1S/C3H7BrO3S.Na.H/c1-2-3-7-8(4,5)6;;/h2-3H2,1H3;;. The molecule has 0 aromatic heterocycles. The second kappa shape index (κ2) is 6.12. The molecule has 0 saturated heterocycles. The van der Waals surface area contributed by atoms with Crippen molar-refractivity contribution in [3.63, 3.8) is 0 Å². The average molecular weight is 227 g/mol. The average Bonchev–Trinajstić information content (AvgIpc) is 1.59. The Bertz CT molecular complexity index is 143. The summed E-state index contributed by atoms with van der Waals surface area (Å²) in [5, 5.41) is 0. The minimum absolute atomic E-state index is 0. The van der Waals surface area contributed by atoms with E-state index in [1.165, 1.54) is 0 Å². The monoisotopic (exact) mass is 226 g/mol. The molecule has 6 heteroatoms. The summed E-state index contributed by atoms with van der Waals surface area (Å²) in [5.74, 6) is 0. The number of rotatable bonds is 3. The summed E-state index contributed by atoms with van der Waals surface area (Å²) in [6.45, 7) is 2.08. The zero-order chi connectivity index (χ0) is 6.62. The molecule has 0 fully saturated rings. The van der Waals surface area contributed by atoms with E-state index in [4.69, 9.17) is 0 Å². The third-order valence-electron chi connectivity index (χ3n) is 0.428. The Morgan fingerprint density at radius 2 is 2.00 bits per heavy atom. The van der Waals surface area contributed by atoms with Crippen LogP contribution in [0.1, 0.15) is 13.3 Å². The Labute approximate surface area is 84.8 Å². The molecule has 52 valence electrons. The van der Waals surface area contributed by atoms with Gasteiger partial charge in [-0.05, 0) is 6.42 Å². The van der Waals surface area contributed by atoms with Gasteiger partial charge in [-0.15, -0.1) is 0 Å². The Balaban J connectivity index is 0. The van der Waals surface area contributed by atoms with Crippen molar-refractivity contribution in [2.24, 2.45) is 0 Å². The van der Waals surface area contributed by atoms with Gasteiger partial charge in [-0.25, -0.2) is 0 Å². The van der Waals surface area contributed by atoms with Crippen LogP contribution in [0.4, 0.5) is 0 Å². The first kappa shape index (κ1) is 13.0. The van der Waals surface area contributed by atoms with Crippen molar-refractivity contribution in [3.05, 3.63) is 0 Å². The van der Waals surface area contributed by atoms with Gasteiger partial charge in [0.1, 0.15) is 0 Å². The Kier molecular flexibility index (Phi) is 8.85. The van der Waals surface area contributed by atoms with Crippen LogP contribution in [0.2, 0.25) is 0 Å². The van der Waals surface area contributed by atoms with Crippen LogP contribution >= 0.6 is 14.8 Å². The maximum atomic E-state index is 10.1. The normalized spacial score (nSPS) is 10.4. The van der Waals surface area contributed by atoms with E-state index < -0.39 is 8.55 Å². The zero-order valence-electron chi connectivity index (χ0n) is 4.43. The number of halogens is 1. The van der Waals surface area contributed by atoms with Crippen molar-refractivity contribution in [1.82, 2.24) is 0 Å². The molecule has 0 bridgehead atoms. The second-order valence-electron chi connectivity index (χ2n) is 1.22. The van der Waals surface area contributed by atoms with Crippen molar-refractivity contribution >= 4 is 52.9 Å². The van der Waals surface area contributed by atoms with E-state index >= 15 is 0 Å². The van der Waals surface area contributed by atoms with E-state index in [1.54, 1.807) is 0 Å². The fourth-order valence-electron chi connectivity index (χ4n) is 0.183. The van der Waals surface area contributed by atoms with Crippen LogP contribution in [0.25, 0.3) is 0 Å². The molecule has 0 aromatic carbocycles. The summed E-state index contributed by atoms with van der Waals surface area (Å²) >= 11 is 2.33. The first-order valence-electron chi connectivity index (χ1n) is 2.15. The summed E-state index contributed by atoms with van der Waals surface area (Å²) in [6, 6.07) is 0. The Hall–Kier alpha value is 1.39. The molecular formula is C3H8BrNaO3S. The molecule has 0 aromatic rings. The molecule has 0 aliphatic carbocycles. The molecule has 0 amide bonds. The molecule has 0 radical (unpaired) electrons. The van der Waals surface area contributed by atoms with Gasteiger partial charge in [-0.1, -0.05) is 6.92 Å². The molecule has 9 heavy (non-hydrogen) atoms. The zero-order valence-corrected chi connectivity index (χ0v) is 6.83. The topological polar surface area (TPSA) is 43.4 Å². The van der Waals surface area contributed by atoms with Crippen molar-refractivity contribution in [3.8, 4) is 0 Å².